The molecule has 0 unspecified atom stereocenters. The van der Waals surface area contributed by atoms with Gasteiger partial charge in [0.2, 0.25) is 5.91 Å². The molecule has 2 N–H and O–H groups in total. The van der Waals surface area contributed by atoms with E-state index < -0.39 is 0 Å². The minimum Gasteiger partial charge on any atom is -0.395 e. The van der Waals surface area contributed by atoms with Crippen LogP contribution in [0.5, 0.6) is 0 Å². The summed E-state index contributed by atoms with van der Waals surface area (Å²) in [6.45, 7) is 4.17. The molecule has 0 atom stereocenters. The van der Waals surface area contributed by atoms with Crippen molar-refractivity contribution in [3.63, 3.8) is 0 Å². The molecule has 2 aromatic rings. The normalized spacial score (nSPS) is 13.3. The Morgan fingerprint density at radius 2 is 2.07 bits per heavy atom. The summed E-state index contributed by atoms with van der Waals surface area (Å²) >= 11 is 1.31. The SMILES string of the molecule is Cc1ccc(NC(=O)CSc2nc(=O)n(CCO)c3c2CCCC3)c(C)c1. The smallest absolute Gasteiger partial charge is 0.348 e. The summed E-state index contributed by atoms with van der Waals surface area (Å²) < 4.78 is 1.58. The number of carbonyl (C=O) groups excluding carboxylic acids is 1. The number of benzene rings is 1. The zero-order chi connectivity index (χ0) is 19.4. The predicted octanol–water partition coefficient (Wildman–Crippen LogP) is 2.46. The minimum atomic E-state index is -0.345. The van der Waals surface area contributed by atoms with E-state index in [0.29, 0.717) is 5.03 Å². The van der Waals surface area contributed by atoms with Gasteiger partial charge in [-0.05, 0) is 51.2 Å². The van der Waals surface area contributed by atoms with Crippen LogP contribution in [0.15, 0.2) is 28.0 Å². The number of anilines is 1. The third kappa shape index (κ3) is 4.59. The Hall–Kier alpha value is -2.12. The van der Waals surface area contributed by atoms with E-state index in [4.69, 9.17) is 0 Å². The van der Waals surface area contributed by atoms with E-state index in [0.717, 1.165) is 53.8 Å². The second-order valence-electron chi connectivity index (χ2n) is 6.86. The first-order valence-corrected chi connectivity index (χ1v) is 10.2. The molecule has 144 valence electrons. The standard InChI is InChI=1S/C20H25N3O3S/c1-13-7-8-16(14(2)11-13)21-18(25)12-27-19-15-5-3-4-6-17(15)23(9-10-24)20(26)22-19/h7-8,11,24H,3-6,9-10,12H2,1-2H3,(H,21,25). The molecule has 0 saturated heterocycles. The van der Waals surface area contributed by atoms with Gasteiger partial charge in [0.15, 0.2) is 0 Å². The lowest BCUT2D eigenvalue weighted by molar-refractivity contribution is -0.113. The van der Waals surface area contributed by atoms with Gasteiger partial charge >= 0.3 is 5.69 Å². The van der Waals surface area contributed by atoms with Crippen molar-refractivity contribution in [3.8, 4) is 0 Å². The molecule has 3 rings (SSSR count). The second-order valence-corrected chi connectivity index (χ2v) is 7.83. The average molecular weight is 388 g/mol. The quantitative estimate of drug-likeness (QED) is 0.588. The highest BCUT2D eigenvalue weighted by Gasteiger charge is 2.21. The molecule has 0 radical (unpaired) electrons. The van der Waals surface area contributed by atoms with Gasteiger partial charge in [0, 0.05) is 16.9 Å². The molecule has 1 amide bonds. The number of carbonyl (C=O) groups is 1. The molecule has 0 fully saturated rings. The van der Waals surface area contributed by atoms with E-state index in [1.165, 1.54) is 11.8 Å². The van der Waals surface area contributed by atoms with Gasteiger partial charge in [0.25, 0.3) is 0 Å². The summed E-state index contributed by atoms with van der Waals surface area (Å²) in [6.07, 6.45) is 3.75. The van der Waals surface area contributed by atoms with Crippen LogP contribution in [0.25, 0.3) is 0 Å². The fraction of sp³-hybridized carbons (Fsp3) is 0.450. The number of aryl methyl sites for hydroxylation is 2. The molecular formula is C20H25N3O3S. The molecule has 1 aliphatic carbocycles. The molecule has 27 heavy (non-hydrogen) atoms. The van der Waals surface area contributed by atoms with E-state index >= 15 is 0 Å². The van der Waals surface area contributed by atoms with Crippen LogP contribution in [0, 0.1) is 13.8 Å². The Morgan fingerprint density at radius 1 is 1.30 bits per heavy atom. The molecule has 1 aliphatic rings. The highest BCUT2D eigenvalue weighted by atomic mass is 32.2. The first kappa shape index (κ1) is 19.6. The summed E-state index contributed by atoms with van der Waals surface area (Å²) in [4.78, 5) is 28.9. The molecule has 0 bridgehead atoms. The number of hydrogen-bond donors (Lipinski definition) is 2. The predicted molar refractivity (Wildman–Crippen MR) is 107 cm³/mol. The van der Waals surface area contributed by atoms with Gasteiger partial charge in [-0.3, -0.25) is 9.36 Å². The van der Waals surface area contributed by atoms with Gasteiger partial charge in [-0.15, -0.1) is 0 Å². The molecule has 1 aromatic carbocycles. The van der Waals surface area contributed by atoms with Crippen LogP contribution in [0.3, 0.4) is 0 Å². The molecule has 0 saturated carbocycles. The van der Waals surface area contributed by atoms with Gasteiger partial charge in [-0.2, -0.15) is 4.98 Å². The monoisotopic (exact) mass is 387 g/mol. The Labute approximate surface area is 163 Å². The molecular weight excluding hydrogens is 362 g/mol. The van der Waals surface area contributed by atoms with Crippen LogP contribution in [-0.4, -0.2) is 32.9 Å². The zero-order valence-corrected chi connectivity index (χ0v) is 16.6. The van der Waals surface area contributed by atoms with Crippen molar-refractivity contribution in [1.82, 2.24) is 9.55 Å². The van der Waals surface area contributed by atoms with Crippen LogP contribution in [0.1, 0.15) is 35.2 Å². The number of rotatable bonds is 6. The number of amides is 1. The van der Waals surface area contributed by atoms with Crippen molar-refractivity contribution in [2.24, 2.45) is 0 Å². The summed E-state index contributed by atoms with van der Waals surface area (Å²) in [5, 5.41) is 12.8. The van der Waals surface area contributed by atoms with Crippen LogP contribution in [-0.2, 0) is 24.2 Å². The highest BCUT2D eigenvalue weighted by Crippen LogP contribution is 2.28. The van der Waals surface area contributed by atoms with Crippen LogP contribution in [0.4, 0.5) is 5.69 Å². The second kappa shape index (κ2) is 8.71. The van der Waals surface area contributed by atoms with E-state index in [9.17, 15) is 14.7 Å². The average Bonchev–Trinajstić information content (AvgIpc) is 2.65. The first-order valence-electron chi connectivity index (χ1n) is 9.23. The summed E-state index contributed by atoms with van der Waals surface area (Å²) in [5.74, 6) is 0.0915. The summed E-state index contributed by atoms with van der Waals surface area (Å²) in [7, 11) is 0. The molecule has 0 spiro atoms. The van der Waals surface area contributed by atoms with Gasteiger partial charge in [0.1, 0.15) is 5.03 Å². The number of thioether (sulfide) groups is 1. The fourth-order valence-corrected chi connectivity index (χ4v) is 4.35. The van der Waals surface area contributed by atoms with Gasteiger partial charge in [-0.1, -0.05) is 29.5 Å². The van der Waals surface area contributed by atoms with Crippen molar-refractivity contribution < 1.29 is 9.90 Å². The van der Waals surface area contributed by atoms with Crippen molar-refractivity contribution >= 4 is 23.4 Å². The highest BCUT2D eigenvalue weighted by molar-refractivity contribution is 8.00. The topological polar surface area (TPSA) is 84.2 Å². The van der Waals surface area contributed by atoms with E-state index in [2.05, 4.69) is 10.3 Å². The number of aliphatic hydroxyl groups excluding tert-OH is 1. The van der Waals surface area contributed by atoms with E-state index in [1.54, 1.807) is 4.57 Å². The zero-order valence-electron chi connectivity index (χ0n) is 15.7. The number of nitrogens with one attached hydrogen (secondary N) is 1. The third-order valence-electron chi connectivity index (χ3n) is 4.77. The lowest BCUT2D eigenvalue weighted by Crippen LogP contribution is -2.31. The van der Waals surface area contributed by atoms with Gasteiger partial charge < -0.3 is 10.4 Å². The Morgan fingerprint density at radius 3 is 2.81 bits per heavy atom. The Kier molecular flexibility index (Phi) is 6.34. The molecule has 1 heterocycles. The van der Waals surface area contributed by atoms with Gasteiger partial charge in [-0.25, -0.2) is 4.79 Å². The summed E-state index contributed by atoms with van der Waals surface area (Å²) in [6, 6.07) is 5.90. The van der Waals surface area contributed by atoms with E-state index in [1.807, 2.05) is 32.0 Å². The molecule has 7 heteroatoms. The maximum atomic E-state index is 12.4. The third-order valence-corrected chi connectivity index (χ3v) is 5.79. The maximum absolute atomic E-state index is 12.4. The number of fused-ring (bicyclic) bond motifs is 1. The number of aromatic nitrogens is 2. The Balaban J connectivity index is 1.75. The Bertz CT molecular complexity index is 908. The van der Waals surface area contributed by atoms with Crippen LogP contribution >= 0.6 is 11.8 Å². The fourth-order valence-electron chi connectivity index (χ4n) is 3.47. The molecule has 0 aliphatic heterocycles. The maximum Gasteiger partial charge on any atom is 0.348 e. The number of aliphatic hydroxyl groups is 1. The van der Waals surface area contributed by atoms with Crippen molar-refractivity contribution in [2.45, 2.75) is 51.1 Å². The molecule has 6 nitrogen and oxygen atoms in total. The molecule has 1 aromatic heterocycles. The largest absolute Gasteiger partial charge is 0.395 e. The minimum absolute atomic E-state index is 0.0845. The summed E-state index contributed by atoms with van der Waals surface area (Å²) in [5.41, 5.74) is 4.65. The van der Waals surface area contributed by atoms with Crippen molar-refractivity contribution in [2.75, 3.05) is 17.7 Å². The van der Waals surface area contributed by atoms with Crippen molar-refractivity contribution in [1.29, 1.82) is 0 Å². The lowest BCUT2D eigenvalue weighted by Gasteiger charge is -2.22. The van der Waals surface area contributed by atoms with E-state index in [-0.39, 0.29) is 30.5 Å². The van der Waals surface area contributed by atoms with Gasteiger partial charge in [0.05, 0.1) is 18.9 Å². The van der Waals surface area contributed by atoms with Crippen LogP contribution in [0.2, 0.25) is 0 Å². The van der Waals surface area contributed by atoms with Crippen LogP contribution < -0.4 is 11.0 Å². The lowest BCUT2D eigenvalue weighted by atomic mass is 9.97. The number of hydrogen-bond acceptors (Lipinski definition) is 5. The van der Waals surface area contributed by atoms with Crippen molar-refractivity contribution in [3.05, 3.63) is 51.1 Å². The number of nitrogens with zero attached hydrogens (tertiary/aromatic N) is 2. The first-order chi connectivity index (χ1) is 13.0.